The molecule has 2 aliphatic rings. The topological polar surface area (TPSA) is 98.8 Å². The Labute approximate surface area is 172 Å². The van der Waals surface area contributed by atoms with Gasteiger partial charge in [0.05, 0.1) is 18.0 Å². The van der Waals surface area contributed by atoms with E-state index in [0.29, 0.717) is 18.8 Å². The van der Waals surface area contributed by atoms with Crippen molar-refractivity contribution < 1.29 is 18.0 Å². The average Bonchev–Trinajstić information content (AvgIpc) is 3.53. The minimum atomic E-state index is -3.48. The molecule has 8 nitrogen and oxygen atoms in total. The summed E-state index contributed by atoms with van der Waals surface area (Å²) < 4.78 is 27.2. The fourth-order valence-corrected chi connectivity index (χ4v) is 4.81. The van der Waals surface area contributed by atoms with Crippen LogP contribution in [0.4, 0.5) is 5.69 Å². The lowest BCUT2D eigenvalue weighted by Crippen LogP contribution is -2.41. The number of nitrogens with zero attached hydrogens (tertiary/aromatic N) is 2. The molecule has 160 valence electrons. The zero-order valence-electron chi connectivity index (χ0n) is 16.9. The van der Waals surface area contributed by atoms with E-state index < -0.39 is 10.0 Å². The maximum Gasteiger partial charge on any atom is 0.243 e. The minimum Gasteiger partial charge on any atom is -0.376 e. The van der Waals surface area contributed by atoms with Crippen LogP contribution in [-0.4, -0.2) is 68.7 Å². The molecule has 2 N–H and O–H groups in total. The molecule has 0 unspecified atom stereocenters. The molecule has 29 heavy (non-hydrogen) atoms. The van der Waals surface area contributed by atoms with Gasteiger partial charge in [0.25, 0.3) is 0 Å². The molecular formula is C20H30N4O4S. The van der Waals surface area contributed by atoms with Crippen molar-refractivity contribution in [1.82, 2.24) is 14.5 Å². The van der Waals surface area contributed by atoms with Gasteiger partial charge in [-0.05, 0) is 49.9 Å². The average molecular weight is 423 g/mol. The number of likely N-dealkylation sites (N-methyl/N-ethyl adjacent to an activating group) is 1. The molecule has 2 amide bonds. The van der Waals surface area contributed by atoms with Crippen LogP contribution in [0.25, 0.3) is 0 Å². The van der Waals surface area contributed by atoms with E-state index >= 15 is 0 Å². The second-order valence-corrected chi connectivity index (χ2v) is 9.73. The van der Waals surface area contributed by atoms with Crippen LogP contribution < -0.4 is 10.6 Å². The highest BCUT2D eigenvalue weighted by atomic mass is 32.2. The first kappa shape index (κ1) is 21.6. The summed E-state index contributed by atoms with van der Waals surface area (Å²) in [5, 5.41) is 5.84. The summed E-state index contributed by atoms with van der Waals surface area (Å²) in [5.74, 6) is -0.358. The molecule has 1 saturated carbocycles. The molecule has 0 atom stereocenters. The molecule has 0 bridgehead atoms. The second kappa shape index (κ2) is 9.58. The van der Waals surface area contributed by atoms with Crippen LogP contribution in [0.1, 0.15) is 38.5 Å². The molecule has 0 radical (unpaired) electrons. The Hall–Kier alpha value is -2.13. The van der Waals surface area contributed by atoms with Crippen LogP contribution >= 0.6 is 0 Å². The number of sulfonamides is 1. The highest BCUT2D eigenvalue weighted by Gasteiger charge is 2.25. The summed E-state index contributed by atoms with van der Waals surface area (Å²) in [6.07, 6.45) is 5.95. The van der Waals surface area contributed by atoms with E-state index in [-0.39, 0.29) is 35.8 Å². The summed E-state index contributed by atoms with van der Waals surface area (Å²) in [6, 6.07) is 6.74. The molecule has 0 aromatic heterocycles. The molecule has 1 aliphatic heterocycles. The standard InChI is InChI=1S/C20H30N4O4S/c1-23(15-19(25)22-17-6-7-17)20(26)14-21-16-8-10-18(11-9-16)29(27,28)24-12-4-2-3-5-13-24/h8-11,17,21H,2-7,12-15H2,1H3,(H,22,25). The first-order valence-corrected chi connectivity index (χ1v) is 11.7. The van der Waals surface area contributed by atoms with E-state index in [1.165, 1.54) is 4.90 Å². The van der Waals surface area contributed by atoms with Crippen LogP contribution in [0.5, 0.6) is 0 Å². The van der Waals surface area contributed by atoms with Crippen LogP contribution in [-0.2, 0) is 19.6 Å². The summed E-state index contributed by atoms with van der Waals surface area (Å²) in [6.45, 7) is 1.20. The van der Waals surface area contributed by atoms with Crippen molar-refractivity contribution in [3.63, 3.8) is 0 Å². The summed E-state index contributed by atoms with van der Waals surface area (Å²) in [4.78, 5) is 25.6. The van der Waals surface area contributed by atoms with E-state index in [4.69, 9.17) is 0 Å². The van der Waals surface area contributed by atoms with Crippen LogP contribution in [0.15, 0.2) is 29.2 Å². The van der Waals surface area contributed by atoms with E-state index in [1.807, 2.05) is 0 Å². The first-order chi connectivity index (χ1) is 13.9. The molecule has 1 heterocycles. The molecule has 3 rings (SSSR count). The monoisotopic (exact) mass is 422 g/mol. The summed E-state index contributed by atoms with van der Waals surface area (Å²) in [5.41, 5.74) is 0.656. The van der Waals surface area contributed by atoms with Crippen molar-refractivity contribution in [3.05, 3.63) is 24.3 Å². The van der Waals surface area contributed by atoms with Crippen LogP contribution in [0, 0.1) is 0 Å². The van der Waals surface area contributed by atoms with Gasteiger partial charge in [-0.1, -0.05) is 12.8 Å². The van der Waals surface area contributed by atoms with Gasteiger partial charge in [0.1, 0.15) is 0 Å². The maximum absolute atomic E-state index is 12.8. The van der Waals surface area contributed by atoms with Gasteiger partial charge in [0.15, 0.2) is 0 Å². The van der Waals surface area contributed by atoms with Gasteiger partial charge in [0.2, 0.25) is 21.8 Å². The number of benzene rings is 1. The fraction of sp³-hybridized carbons (Fsp3) is 0.600. The Morgan fingerprint density at radius 2 is 1.69 bits per heavy atom. The quantitative estimate of drug-likeness (QED) is 0.660. The Bertz CT molecular complexity index is 813. The number of nitrogens with one attached hydrogen (secondary N) is 2. The van der Waals surface area contributed by atoms with Crippen molar-refractivity contribution in [2.75, 3.05) is 38.5 Å². The molecule has 2 fully saturated rings. The number of carbonyl (C=O) groups excluding carboxylic acids is 2. The van der Waals surface area contributed by atoms with E-state index in [9.17, 15) is 18.0 Å². The molecule has 0 spiro atoms. The molecule has 1 saturated heterocycles. The van der Waals surface area contributed by atoms with Gasteiger partial charge in [-0.3, -0.25) is 9.59 Å². The lowest BCUT2D eigenvalue weighted by molar-refractivity contribution is -0.133. The predicted octanol–water partition coefficient (Wildman–Crippen LogP) is 1.40. The van der Waals surface area contributed by atoms with Gasteiger partial charge < -0.3 is 15.5 Å². The number of rotatable bonds is 8. The predicted molar refractivity (Wildman–Crippen MR) is 111 cm³/mol. The normalized spacial score (nSPS) is 18.0. The number of anilines is 1. The van der Waals surface area contributed by atoms with E-state index in [1.54, 1.807) is 35.6 Å². The third kappa shape index (κ3) is 6.17. The highest BCUT2D eigenvalue weighted by Crippen LogP contribution is 2.22. The largest absolute Gasteiger partial charge is 0.376 e. The van der Waals surface area contributed by atoms with E-state index in [0.717, 1.165) is 38.5 Å². The highest BCUT2D eigenvalue weighted by molar-refractivity contribution is 7.89. The first-order valence-electron chi connectivity index (χ1n) is 10.2. The lowest BCUT2D eigenvalue weighted by Gasteiger charge is -2.20. The van der Waals surface area contributed by atoms with Gasteiger partial charge in [-0.15, -0.1) is 0 Å². The maximum atomic E-state index is 12.8. The third-order valence-corrected chi connectivity index (χ3v) is 7.16. The minimum absolute atomic E-state index is 0.0318. The van der Waals surface area contributed by atoms with E-state index in [2.05, 4.69) is 10.6 Å². The van der Waals surface area contributed by atoms with Crippen molar-refractivity contribution in [2.24, 2.45) is 0 Å². The Morgan fingerprint density at radius 3 is 2.28 bits per heavy atom. The fourth-order valence-electron chi connectivity index (χ4n) is 3.29. The van der Waals surface area contributed by atoms with Crippen LogP contribution in [0.2, 0.25) is 0 Å². The second-order valence-electron chi connectivity index (χ2n) is 7.79. The van der Waals surface area contributed by atoms with Gasteiger partial charge >= 0.3 is 0 Å². The van der Waals surface area contributed by atoms with Gasteiger partial charge in [-0.25, -0.2) is 8.42 Å². The lowest BCUT2D eigenvalue weighted by atomic mass is 10.2. The number of hydrogen-bond acceptors (Lipinski definition) is 5. The van der Waals surface area contributed by atoms with Crippen molar-refractivity contribution in [1.29, 1.82) is 0 Å². The third-order valence-electron chi connectivity index (χ3n) is 5.25. The van der Waals surface area contributed by atoms with Crippen molar-refractivity contribution in [3.8, 4) is 0 Å². The Balaban J connectivity index is 1.50. The van der Waals surface area contributed by atoms with Crippen molar-refractivity contribution >= 4 is 27.5 Å². The summed E-state index contributed by atoms with van der Waals surface area (Å²) >= 11 is 0. The Kier molecular flexibility index (Phi) is 7.13. The molecular weight excluding hydrogens is 392 g/mol. The Morgan fingerprint density at radius 1 is 1.07 bits per heavy atom. The number of hydrogen-bond donors (Lipinski definition) is 2. The molecule has 1 aromatic rings. The molecule has 1 aliphatic carbocycles. The smallest absolute Gasteiger partial charge is 0.243 e. The zero-order valence-corrected chi connectivity index (χ0v) is 17.7. The van der Waals surface area contributed by atoms with Gasteiger partial charge in [-0.2, -0.15) is 4.31 Å². The molecule has 9 heteroatoms. The summed E-state index contributed by atoms with van der Waals surface area (Å²) in [7, 11) is -1.89. The van der Waals surface area contributed by atoms with Crippen LogP contribution in [0.3, 0.4) is 0 Å². The number of amides is 2. The van der Waals surface area contributed by atoms with Gasteiger partial charge in [0, 0.05) is 31.9 Å². The zero-order chi connectivity index (χ0) is 20.9. The van der Waals surface area contributed by atoms with Crippen molar-refractivity contribution in [2.45, 2.75) is 49.5 Å². The number of carbonyl (C=O) groups is 2. The molecule has 1 aromatic carbocycles. The SMILES string of the molecule is CN(CC(=O)NC1CC1)C(=O)CNc1ccc(S(=O)(=O)N2CCCCCC2)cc1.